The Kier molecular flexibility index (Phi) is 4.63. The maximum Gasteiger partial charge on any atom is 0.336 e. The smallest absolute Gasteiger partial charge is 0.336 e. The molecule has 0 saturated heterocycles. The van der Waals surface area contributed by atoms with Crippen molar-refractivity contribution in [2.45, 2.75) is 32.3 Å². The number of carbonyl (C=O) groups excluding carboxylic acids is 1. The van der Waals surface area contributed by atoms with Gasteiger partial charge in [-0.15, -0.1) is 0 Å². The van der Waals surface area contributed by atoms with Crippen LogP contribution >= 0.6 is 0 Å². The van der Waals surface area contributed by atoms with E-state index in [-0.39, 0.29) is 18.5 Å². The van der Waals surface area contributed by atoms with E-state index in [4.69, 9.17) is 9.47 Å². The molecule has 1 aromatic carbocycles. The highest BCUT2D eigenvalue weighted by Crippen LogP contribution is 2.31. The lowest BCUT2D eigenvalue weighted by Gasteiger charge is -2.21. The van der Waals surface area contributed by atoms with Gasteiger partial charge in [0.15, 0.2) is 0 Å². The van der Waals surface area contributed by atoms with E-state index in [1.807, 2.05) is 39.0 Å². The number of allylic oxidation sites excluding steroid dienone is 2. The summed E-state index contributed by atoms with van der Waals surface area (Å²) < 4.78 is 10.6. The monoisotopic (exact) mass is 286 g/mol. The Balaban J connectivity index is 2.23. The second kappa shape index (κ2) is 6.27. The summed E-state index contributed by atoms with van der Waals surface area (Å²) in [5, 5.41) is 0. The molecule has 0 saturated carbocycles. The lowest BCUT2D eigenvalue weighted by molar-refractivity contribution is -0.150. The maximum absolute atomic E-state index is 12.3. The predicted molar refractivity (Wildman–Crippen MR) is 84.0 cm³/mol. The normalized spacial score (nSPS) is 17.7. The topological polar surface area (TPSA) is 35.5 Å². The van der Waals surface area contributed by atoms with E-state index in [0.29, 0.717) is 5.57 Å². The minimum Gasteiger partial charge on any atom is -0.457 e. The Hall–Kier alpha value is -1.87. The summed E-state index contributed by atoms with van der Waals surface area (Å²) in [6.45, 7) is 5.84. The summed E-state index contributed by atoms with van der Waals surface area (Å²) in [6.07, 6.45) is 6.10. The molecular weight excluding hydrogens is 264 g/mol. The van der Waals surface area contributed by atoms with Gasteiger partial charge in [-0.3, -0.25) is 0 Å². The molecule has 0 N–H and O–H groups in total. The van der Waals surface area contributed by atoms with Crippen LogP contribution in [0.3, 0.4) is 0 Å². The van der Waals surface area contributed by atoms with Gasteiger partial charge in [0.1, 0.15) is 5.60 Å². The minimum absolute atomic E-state index is 0.0962. The van der Waals surface area contributed by atoms with E-state index in [0.717, 1.165) is 0 Å². The molecule has 1 unspecified atom stereocenters. The van der Waals surface area contributed by atoms with Crippen LogP contribution in [-0.4, -0.2) is 25.3 Å². The minimum atomic E-state index is -0.507. The summed E-state index contributed by atoms with van der Waals surface area (Å²) in [5.41, 5.74) is 2.45. The fourth-order valence-electron chi connectivity index (χ4n) is 2.31. The number of benzene rings is 1. The van der Waals surface area contributed by atoms with Crippen molar-refractivity contribution in [3.63, 3.8) is 0 Å². The van der Waals surface area contributed by atoms with Gasteiger partial charge in [0.25, 0.3) is 0 Å². The van der Waals surface area contributed by atoms with Gasteiger partial charge in [-0.05, 0) is 31.9 Å². The molecule has 3 heteroatoms. The number of hydrogen-bond donors (Lipinski definition) is 0. The fraction of sp³-hybridized carbons (Fsp3) is 0.389. The Bertz CT molecular complexity index is 576. The van der Waals surface area contributed by atoms with Crippen LogP contribution in [-0.2, 0) is 14.3 Å². The number of carbonyl (C=O) groups is 1. The van der Waals surface area contributed by atoms with Crippen LogP contribution in [0.1, 0.15) is 37.8 Å². The highest BCUT2D eigenvalue weighted by atomic mass is 16.6. The van der Waals surface area contributed by atoms with Crippen LogP contribution < -0.4 is 0 Å². The lowest BCUT2D eigenvalue weighted by atomic mass is 9.98. The van der Waals surface area contributed by atoms with Crippen molar-refractivity contribution < 1.29 is 14.3 Å². The second-order valence-corrected chi connectivity index (χ2v) is 6.14. The van der Waals surface area contributed by atoms with Gasteiger partial charge in [-0.2, -0.15) is 0 Å². The van der Waals surface area contributed by atoms with Crippen LogP contribution in [0.5, 0.6) is 0 Å². The second-order valence-electron chi connectivity index (χ2n) is 6.14. The van der Waals surface area contributed by atoms with E-state index >= 15 is 0 Å². The molecule has 112 valence electrons. The molecule has 0 spiro atoms. The van der Waals surface area contributed by atoms with Crippen LogP contribution in [0, 0.1) is 0 Å². The van der Waals surface area contributed by atoms with Gasteiger partial charge in [0.05, 0.1) is 12.2 Å². The Morgan fingerprint density at radius 3 is 2.67 bits per heavy atom. The standard InChI is InChI=1S/C18H22O3/c1-18(2,3)21-17(19)15(12-20-4)11-14-10-9-13-7-5-6-8-16(13)14/h5-11,14H,12H2,1-4H3. The van der Waals surface area contributed by atoms with Gasteiger partial charge in [-0.25, -0.2) is 4.79 Å². The highest BCUT2D eigenvalue weighted by Gasteiger charge is 2.22. The summed E-state index contributed by atoms with van der Waals surface area (Å²) >= 11 is 0. The fourth-order valence-corrected chi connectivity index (χ4v) is 2.31. The first-order chi connectivity index (χ1) is 9.90. The summed E-state index contributed by atoms with van der Waals surface area (Å²) in [6, 6.07) is 8.18. The van der Waals surface area contributed by atoms with Gasteiger partial charge in [0.2, 0.25) is 0 Å². The van der Waals surface area contributed by atoms with Crippen molar-refractivity contribution in [1.29, 1.82) is 0 Å². The molecule has 1 atom stereocenters. The number of rotatable bonds is 4. The molecule has 2 rings (SSSR count). The summed E-state index contributed by atoms with van der Waals surface area (Å²) in [7, 11) is 1.58. The molecule has 0 fully saturated rings. The van der Waals surface area contributed by atoms with Crippen molar-refractivity contribution in [2.24, 2.45) is 0 Å². The van der Waals surface area contributed by atoms with Crippen LogP contribution in [0.25, 0.3) is 6.08 Å². The van der Waals surface area contributed by atoms with Crippen molar-refractivity contribution in [2.75, 3.05) is 13.7 Å². The Morgan fingerprint density at radius 1 is 1.29 bits per heavy atom. The molecule has 3 nitrogen and oxygen atoms in total. The van der Waals surface area contributed by atoms with Crippen molar-refractivity contribution in [3.05, 3.63) is 53.1 Å². The molecule has 0 radical (unpaired) electrons. The zero-order chi connectivity index (χ0) is 15.5. The molecule has 0 aliphatic heterocycles. The van der Waals surface area contributed by atoms with E-state index < -0.39 is 5.60 Å². The largest absolute Gasteiger partial charge is 0.457 e. The molecule has 1 aliphatic rings. The first kappa shape index (κ1) is 15.5. The van der Waals surface area contributed by atoms with Crippen molar-refractivity contribution >= 4 is 12.0 Å². The molecule has 0 bridgehead atoms. The average molecular weight is 286 g/mol. The summed E-state index contributed by atoms with van der Waals surface area (Å²) in [5.74, 6) is -0.221. The number of esters is 1. The van der Waals surface area contributed by atoms with Gasteiger partial charge in [0, 0.05) is 13.0 Å². The van der Waals surface area contributed by atoms with E-state index in [2.05, 4.69) is 24.3 Å². The van der Waals surface area contributed by atoms with Crippen LogP contribution in [0.15, 0.2) is 42.0 Å². The maximum atomic E-state index is 12.3. The molecule has 1 aromatic rings. The number of ether oxygens (including phenoxy) is 2. The zero-order valence-electron chi connectivity index (χ0n) is 13.1. The zero-order valence-corrected chi connectivity index (χ0v) is 13.1. The van der Waals surface area contributed by atoms with E-state index in [1.165, 1.54) is 11.1 Å². The number of fused-ring (bicyclic) bond motifs is 1. The highest BCUT2D eigenvalue weighted by molar-refractivity contribution is 5.89. The number of methoxy groups -OCH3 is 1. The third-order valence-corrected chi connectivity index (χ3v) is 3.18. The van der Waals surface area contributed by atoms with E-state index in [1.54, 1.807) is 7.11 Å². The molecule has 1 aliphatic carbocycles. The summed E-state index contributed by atoms with van der Waals surface area (Å²) in [4.78, 5) is 12.3. The van der Waals surface area contributed by atoms with Crippen molar-refractivity contribution in [1.82, 2.24) is 0 Å². The Labute approximate surface area is 126 Å². The number of hydrogen-bond acceptors (Lipinski definition) is 3. The van der Waals surface area contributed by atoms with Crippen LogP contribution in [0.4, 0.5) is 0 Å². The third kappa shape index (κ3) is 4.05. The van der Waals surface area contributed by atoms with E-state index in [9.17, 15) is 4.79 Å². The molecule has 0 heterocycles. The SMILES string of the molecule is COCC(=CC1C=Cc2ccccc21)C(=O)OC(C)(C)C. The van der Waals surface area contributed by atoms with Gasteiger partial charge in [-0.1, -0.05) is 42.5 Å². The Morgan fingerprint density at radius 2 is 2.00 bits per heavy atom. The van der Waals surface area contributed by atoms with Gasteiger partial charge < -0.3 is 9.47 Å². The molecule has 0 aromatic heterocycles. The quantitative estimate of drug-likeness (QED) is 0.625. The lowest BCUT2D eigenvalue weighted by Crippen LogP contribution is -2.26. The molecule has 0 amide bonds. The average Bonchev–Trinajstić information content (AvgIpc) is 2.80. The third-order valence-electron chi connectivity index (χ3n) is 3.18. The molecule has 21 heavy (non-hydrogen) atoms. The van der Waals surface area contributed by atoms with Crippen molar-refractivity contribution in [3.8, 4) is 0 Å². The van der Waals surface area contributed by atoms with Gasteiger partial charge >= 0.3 is 5.97 Å². The molecular formula is C18H22O3. The predicted octanol–water partition coefficient (Wildman–Crippen LogP) is 3.71. The first-order valence-corrected chi connectivity index (χ1v) is 7.11. The van der Waals surface area contributed by atoms with Crippen LogP contribution in [0.2, 0.25) is 0 Å². The first-order valence-electron chi connectivity index (χ1n) is 7.11.